The number of esters is 1. The van der Waals surface area contributed by atoms with Crippen molar-refractivity contribution >= 4 is 5.97 Å². The van der Waals surface area contributed by atoms with Crippen LogP contribution < -0.4 is 0 Å². The number of fused-ring (bicyclic) bond motifs is 3. The van der Waals surface area contributed by atoms with E-state index in [9.17, 15) is 4.79 Å². The smallest absolute Gasteiger partial charge is 0.302 e. The molecule has 1 aliphatic carbocycles. The molecule has 0 N–H and O–H groups in total. The van der Waals surface area contributed by atoms with E-state index in [0.29, 0.717) is 12.5 Å². The minimum absolute atomic E-state index is 0.0595. The summed E-state index contributed by atoms with van der Waals surface area (Å²) in [5.74, 6) is 0.383. The predicted octanol–water partition coefficient (Wildman–Crippen LogP) is 3.87. The molecule has 2 aliphatic heterocycles. The maximum Gasteiger partial charge on any atom is 0.302 e. The molecule has 0 amide bonds. The Morgan fingerprint density at radius 3 is 2.60 bits per heavy atom. The lowest BCUT2D eigenvalue weighted by atomic mass is 9.59. The van der Waals surface area contributed by atoms with E-state index >= 15 is 0 Å². The van der Waals surface area contributed by atoms with Crippen molar-refractivity contribution < 1.29 is 14.3 Å². The van der Waals surface area contributed by atoms with Crippen molar-refractivity contribution in [2.45, 2.75) is 65.4 Å². The predicted molar refractivity (Wildman–Crippen MR) is 79.4 cm³/mol. The highest BCUT2D eigenvalue weighted by atomic mass is 16.5. The van der Waals surface area contributed by atoms with Crippen LogP contribution in [0.2, 0.25) is 0 Å². The molecule has 0 aromatic carbocycles. The molecule has 3 aliphatic rings. The van der Waals surface area contributed by atoms with E-state index in [2.05, 4.69) is 26.8 Å². The molecule has 3 heteroatoms. The first-order chi connectivity index (χ1) is 9.38. The highest BCUT2D eigenvalue weighted by Gasteiger charge is 2.53. The summed E-state index contributed by atoms with van der Waals surface area (Å²) in [6.07, 6.45) is 7.85. The number of rotatable bonds is 5. The normalized spacial score (nSPS) is 35.7. The number of hydrogen-bond donors (Lipinski definition) is 0. The van der Waals surface area contributed by atoms with Crippen molar-refractivity contribution in [3.63, 3.8) is 0 Å². The zero-order valence-corrected chi connectivity index (χ0v) is 13.3. The Kier molecular flexibility index (Phi) is 4.58. The third kappa shape index (κ3) is 3.25. The highest BCUT2D eigenvalue weighted by Crippen LogP contribution is 2.54. The van der Waals surface area contributed by atoms with Gasteiger partial charge in [-0.15, -0.1) is 0 Å². The van der Waals surface area contributed by atoms with Crippen molar-refractivity contribution in [3.05, 3.63) is 11.6 Å². The maximum atomic E-state index is 11.1. The van der Waals surface area contributed by atoms with Crippen LogP contribution in [0.4, 0.5) is 0 Å². The SMILES string of the molecule is CC(=O)OCC12CCC(CCC=C(C)C)(CC1C)OC2. The standard InChI is InChI=1S/C17H28O3/c1-13(2)6-5-7-17-9-8-16(12-20-17,14(3)10-17)11-19-15(4)18/h6,14H,5,7-12H2,1-4H3. The monoisotopic (exact) mass is 280 g/mol. The van der Waals surface area contributed by atoms with Gasteiger partial charge < -0.3 is 9.47 Å². The molecule has 2 heterocycles. The van der Waals surface area contributed by atoms with Crippen molar-refractivity contribution in [2.24, 2.45) is 11.3 Å². The summed E-state index contributed by atoms with van der Waals surface area (Å²) in [4.78, 5) is 11.1. The van der Waals surface area contributed by atoms with E-state index in [1.807, 2.05) is 0 Å². The largest absolute Gasteiger partial charge is 0.465 e. The van der Waals surface area contributed by atoms with Gasteiger partial charge in [-0.2, -0.15) is 0 Å². The average Bonchev–Trinajstić information content (AvgIpc) is 2.37. The fourth-order valence-electron chi connectivity index (χ4n) is 3.67. The van der Waals surface area contributed by atoms with Gasteiger partial charge >= 0.3 is 5.97 Å². The van der Waals surface area contributed by atoms with Gasteiger partial charge in [0.25, 0.3) is 0 Å². The molecule has 2 saturated heterocycles. The van der Waals surface area contributed by atoms with Crippen LogP contribution in [-0.4, -0.2) is 24.8 Å². The Labute approximate surface area is 122 Å². The van der Waals surface area contributed by atoms with Crippen LogP contribution in [0.3, 0.4) is 0 Å². The van der Waals surface area contributed by atoms with E-state index in [1.54, 1.807) is 0 Å². The van der Waals surface area contributed by atoms with Gasteiger partial charge in [0, 0.05) is 12.3 Å². The fraction of sp³-hybridized carbons (Fsp3) is 0.824. The van der Waals surface area contributed by atoms with Gasteiger partial charge in [0.2, 0.25) is 0 Å². The molecule has 20 heavy (non-hydrogen) atoms. The Bertz CT molecular complexity index is 385. The highest BCUT2D eigenvalue weighted by molar-refractivity contribution is 5.65. The summed E-state index contributed by atoms with van der Waals surface area (Å²) in [6, 6.07) is 0. The number of allylic oxidation sites excluding steroid dienone is 2. The molecular formula is C17H28O3. The number of ether oxygens (including phenoxy) is 2. The van der Waals surface area contributed by atoms with Gasteiger partial charge in [-0.1, -0.05) is 18.6 Å². The fourth-order valence-corrected chi connectivity index (χ4v) is 3.67. The third-order valence-corrected chi connectivity index (χ3v) is 5.18. The topological polar surface area (TPSA) is 35.5 Å². The molecular weight excluding hydrogens is 252 g/mol. The molecule has 0 spiro atoms. The van der Waals surface area contributed by atoms with Gasteiger partial charge in [-0.05, 0) is 51.9 Å². The Hall–Kier alpha value is -0.830. The van der Waals surface area contributed by atoms with Crippen LogP contribution in [0.25, 0.3) is 0 Å². The van der Waals surface area contributed by atoms with Crippen LogP contribution in [0, 0.1) is 11.3 Å². The Morgan fingerprint density at radius 1 is 1.35 bits per heavy atom. The van der Waals surface area contributed by atoms with Crippen molar-refractivity contribution in [2.75, 3.05) is 13.2 Å². The molecule has 0 radical (unpaired) electrons. The zero-order valence-electron chi connectivity index (χ0n) is 13.3. The summed E-state index contributed by atoms with van der Waals surface area (Å²) in [7, 11) is 0. The van der Waals surface area contributed by atoms with Crippen molar-refractivity contribution in [1.82, 2.24) is 0 Å². The Morgan fingerprint density at radius 2 is 2.10 bits per heavy atom. The first-order valence-electron chi connectivity index (χ1n) is 7.78. The number of carbonyl (C=O) groups is 1. The van der Waals surface area contributed by atoms with Gasteiger partial charge in [0.05, 0.1) is 18.8 Å². The van der Waals surface area contributed by atoms with Crippen LogP contribution >= 0.6 is 0 Å². The molecule has 3 nitrogen and oxygen atoms in total. The second kappa shape index (κ2) is 5.88. The van der Waals surface area contributed by atoms with Gasteiger partial charge in [-0.3, -0.25) is 4.79 Å². The summed E-state index contributed by atoms with van der Waals surface area (Å²) >= 11 is 0. The first kappa shape index (κ1) is 15.6. The maximum absolute atomic E-state index is 11.1. The molecule has 3 rings (SSSR count). The summed E-state index contributed by atoms with van der Waals surface area (Å²) in [6.45, 7) is 9.34. The number of carbonyl (C=O) groups excluding carboxylic acids is 1. The molecule has 3 unspecified atom stereocenters. The third-order valence-electron chi connectivity index (χ3n) is 5.18. The molecule has 1 saturated carbocycles. The molecule has 3 fully saturated rings. The zero-order chi connectivity index (χ0) is 14.8. The van der Waals surface area contributed by atoms with Crippen LogP contribution in [0.15, 0.2) is 11.6 Å². The molecule has 2 bridgehead atoms. The number of hydrogen-bond acceptors (Lipinski definition) is 3. The second-order valence-electron chi connectivity index (χ2n) is 7.04. The summed E-state index contributed by atoms with van der Waals surface area (Å²) in [5, 5.41) is 0. The minimum Gasteiger partial charge on any atom is -0.465 e. The average molecular weight is 280 g/mol. The molecule has 3 atom stereocenters. The second-order valence-corrected chi connectivity index (χ2v) is 7.04. The Balaban J connectivity index is 1.95. The van der Waals surface area contributed by atoms with Gasteiger partial charge in [0.1, 0.15) is 0 Å². The van der Waals surface area contributed by atoms with Crippen molar-refractivity contribution in [1.29, 1.82) is 0 Å². The van der Waals surface area contributed by atoms with E-state index in [0.717, 1.165) is 38.7 Å². The lowest BCUT2D eigenvalue weighted by Gasteiger charge is -2.56. The van der Waals surface area contributed by atoms with Crippen molar-refractivity contribution in [3.8, 4) is 0 Å². The van der Waals surface area contributed by atoms with E-state index in [1.165, 1.54) is 12.5 Å². The van der Waals surface area contributed by atoms with E-state index in [-0.39, 0.29) is 17.0 Å². The van der Waals surface area contributed by atoms with E-state index < -0.39 is 0 Å². The lowest BCUT2D eigenvalue weighted by Crippen LogP contribution is -2.57. The summed E-state index contributed by atoms with van der Waals surface area (Å²) < 4.78 is 11.5. The van der Waals surface area contributed by atoms with Crippen LogP contribution in [-0.2, 0) is 14.3 Å². The molecule has 114 valence electrons. The molecule has 0 aromatic heterocycles. The van der Waals surface area contributed by atoms with Gasteiger partial charge in [0.15, 0.2) is 0 Å². The quantitative estimate of drug-likeness (QED) is 0.566. The molecule has 0 aromatic rings. The minimum atomic E-state index is -0.183. The van der Waals surface area contributed by atoms with Crippen LogP contribution in [0.1, 0.15) is 59.8 Å². The summed E-state index contributed by atoms with van der Waals surface area (Å²) in [5.41, 5.74) is 1.51. The first-order valence-corrected chi connectivity index (χ1v) is 7.78. The van der Waals surface area contributed by atoms with E-state index in [4.69, 9.17) is 9.47 Å². The van der Waals surface area contributed by atoms with Gasteiger partial charge in [-0.25, -0.2) is 0 Å². The van der Waals surface area contributed by atoms with Crippen LogP contribution in [0.5, 0.6) is 0 Å². The lowest BCUT2D eigenvalue weighted by molar-refractivity contribution is -0.224.